The Morgan fingerprint density at radius 1 is 1.11 bits per heavy atom. The molecule has 0 bridgehead atoms. The molecule has 2 aromatic carbocycles. The average molecular weight is 341 g/mol. The molecule has 19 heavy (non-hydrogen) atoms. The van der Waals surface area contributed by atoms with E-state index in [0.717, 1.165) is 21.3 Å². The molecule has 2 aromatic rings. The van der Waals surface area contributed by atoms with E-state index in [-0.39, 0.29) is 0 Å². The quantitative estimate of drug-likeness (QED) is 0.886. The molecule has 0 spiro atoms. The molecule has 0 saturated carbocycles. The van der Waals surface area contributed by atoms with Gasteiger partial charge in [-0.05, 0) is 31.2 Å². The van der Waals surface area contributed by atoms with Gasteiger partial charge in [0.15, 0.2) is 0 Å². The first-order valence-electron chi connectivity index (χ1n) is 6.06. The number of halogens is 2. The number of ether oxygens (including phenoxy) is 1. The molecule has 0 fully saturated rings. The lowest BCUT2D eigenvalue weighted by Gasteiger charge is -2.13. The van der Waals surface area contributed by atoms with Crippen molar-refractivity contribution in [1.29, 1.82) is 0 Å². The summed E-state index contributed by atoms with van der Waals surface area (Å²) in [5.74, 6) is 0.800. The first-order chi connectivity index (χ1) is 9.22. The van der Waals surface area contributed by atoms with E-state index >= 15 is 0 Å². The van der Waals surface area contributed by atoms with E-state index in [1.54, 1.807) is 0 Å². The Bertz CT molecular complexity index is 560. The van der Waals surface area contributed by atoms with Gasteiger partial charge in [0, 0.05) is 20.6 Å². The van der Waals surface area contributed by atoms with Crippen molar-refractivity contribution in [3.05, 3.63) is 63.1 Å². The monoisotopic (exact) mass is 339 g/mol. The Labute approximate surface area is 126 Å². The van der Waals surface area contributed by atoms with E-state index in [0.29, 0.717) is 24.6 Å². The summed E-state index contributed by atoms with van der Waals surface area (Å²) in [6.45, 7) is 1.05. The minimum atomic E-state index is 0.499. The molecule has 4 heteroatoms. The molecule has 100 valence electrons. The zero-order valence-corrected chi connectivity index (χ0v) is 12.7. The van der Waals surface area contributed by atoms with Gasteiger partial charge >= 0.3 is 0 Å². The van der Waals surface area contributed by atoms with Gasteiger partial charge in [0.2, 0.25) is 0 Å². The summed E-state index contributed by atoms with van der Waals surface area (Å²) < 4.78 is 6.91. The zero-order chi connectivity index (χ0) is 13.7. The van der Waals surface area contributed by atoms with Crippen LogP contribution in [0.15, 0.2) is 46.9 Å². The third-order valence-electron chi connectivity index (χ3n) is 2.81. The van der Waals surface area contributed by atoms with Gasteiger partial charge in [-0.3, -0.25) is 0 Å². The fourth-order valence-corrected chi connectivity index (χ4v) is 2.49. The summed E-state index contributed by atoms with van der Waals surface area (Å²) in [6, 6.07) is 13.7. The second kappa shape index (κ2) is 6.94. The van der Waals surface area contributed by atoms with Gasteiger partial charge < -0.3 is 10.5 Å². The zero-order valence-electron chi connectivity index (χ0n) is 10.4. The van der Waals surface area contributed by atoms with Crippen molar-refractivity contribution in [2.45, 2.75) is 13.0 Å². The molecule has 0 atom stereocenters. The van der Waals surface area contributed by atoms with Gasteiger partial charge in [-0.2, -0.15) is 0 Å². The smallest absolute Gasteiger partial charge is 0.124 e. The van der Waals surface area contributed by atoms with Crippen molar-refractivity contribution in [3.63, 3.8) is 0 Å². The fraction of sp³-hybridized carbons (Fsp3) is 0.200. The molecular formula is C15H15BrClNO. The molecule has 0 aliphatic carbocycles. The Balaban J connectivity index is 2.16. The number of hydrogen-bond donors (Lipinski definition) is 1. The Morgan fingerprint density at radius 3 is 2.63 bits per heavy atom. The van der Waals surface area contributed by atoms with E-state index in [9.17, 15) is 0 Å². The number of nitrogens with two attached hydrogens (primary N) is 1. The first kappa shape index (κ1) is 14.4. The summed E-state index contributed by atoms with van der Waals surface area (Å²) in [5, 5.41) is 0.704. The summed E-state index contributed by atoms with van der Waals surface area (Å²) in [6.07, 6.45) is 0.713. The molecule has 2 N–H and O–H groups in total. The van der Waals surface area contributed by atoms with E-state index in [1.807, 2.05) is 42.5 Å². The third-order valence-corrected chi connectivity index (χ3v) is 3.94. The van der Waals surface area contributed by atoms with Crippen LogP contribution in [0, 0.1) is 0 Å². The lowest BCUT2D eigenvalue weighted by Crippen LogP contribution is -2.06. The van der Waals surface area contributed by atoms with Crippen LogP contribution in [-0.2, 0) is 13.0 Å². The van der Waals surface area contributed by atoms with Gasteiger partial charge in [0.1, 0.15) is 12.4 Å². The van der Waals surface area contributed by atoms with E-state index < -0.39 is 0 Å². The van der Waals surface area contributed by atoms with Crippen molar-refractivity contribution in [1.82, 2.24) is 0 Å². The second-order valence-electron chi connectivity index (χ2n) is 4.14. The lowest BCUT2D eigenvalue weighted by atomic mass is 10.1. The predicted octanol–water partition coefficient (Wildman–Crippen LogP) is 4.18. The van der Waals surface area contributed by atoms with E-state index in [1.165, 1.54) is 0 Å². The molecular weight excluding hydrogens is 326 g/mol. The number of hydrogen-bond acceptors (Lipinski definition) is 2. The normalized spacial score (nSPS) is 10.5. The van der Waals surface area contributed by atoms with E-state index in [2.05, 4.69) is 15.9 Å². The average Bonchev–Trinajstić information content (AvgIpc) is 2.41. The third kappa shape index (κ3) is 3.72. The van der Waals surface area contributed by atoms with Crippen LogP contribution in [0.2, 0.25) is 5.02 Å². The summed E-state index contributed by atoms with van der Waals surface area (Å²) in [7, 11) is 0. The maximum atomic E-state index is 6.18. The summed E-state index contributed by atoms with van der Waals surface area (Å²) in [4.78, 5) is 0. The lowest BCUT2D eigenvalue weighted by molar-refractivity contribution is 0.302. The molecule has 0 heterocycles. The maximum Gasteiger partial charge on any atom is 0.124 e. The van der Waals surface area contributed by atoms with Gasteiger partial charge in [0.05, 0.1) is 0 Å². The Kier molecular flexibility index (Phi) is 5.25. The fourth-order valence-electron chi connectivity index (χ4n) is 1.83. The topological polar surface area (TPSA) is 35.2 Å². The van der Waals surface area contributed by atoms with Gasteiger partial charge in [-0.15, -0.1) is 0 Å². The molecule has 0 amide bonds. The Hall–Kier alpha value is -1.03. The van der Waals surface area contributed by atoms with Crippen LogP contribution in [0.3, 0.4) is 0 Å². The predicted molar refractivity (Wildman–Crippen MR) is 82.7 cm³/mol. The first-order valence-corrected chi connectivity index (χ1v) is 7.23. The van der Waals surface area contributed by atoms with Crippen LogP contribution in [0.5, 0.6) is 5.75 Å². The molecule has 0 aliphatic heterocycles. The highest BCUT2D eigenvalue weighted by atomic mass is 79.9. The maximum absolute atomic E-state index is 6.18. The Morgan fingerprint density at radius 2 is 1.89 bits per heavy atom. The molecule has 0 saturated heterocycles. The number of benzene rings is 2. The molecule has 0 aromatic heterocycles. The van der Waals surface area contributed by atoms with Gasteiger partial charge in [0.25, 0.3) is 0 Å². The standard InChI is InChI=1S/C15H15BrClNO/c16-13-5-2-1-4-11(13)10-19-15-7-3-6-14(17)12(15)8-9-18/h1-7H,8-10,18H2. The minimum absolute atomic E-state index is 0.499. The van der Waals surface area contributed by atoms with Crippen LogP contribution < -0.4 is 10.5 Å². The van der Waals surface area contributed by atoms with Crippen molar-refractivity contribution in [2.24, 2.45) is 5.73 Å². The van der Waals surface area contributed by atoms with Crippen molar-refractivity contribution in [2.75, 3.05) is 6.54 Å². The SMILES string of the molecule is NCCc1c(Cl)cccc1OCc1ccccc1Br. The van der Waals surface area contributed by atoms with Crippen molar-refractivity contribution < 1.29 is 4.74 Å². The largest absolute Gasteiger partial charge is 0.489 e. The molecule has 0 radical (unpaired) electrons. The van der Waals surface area contributed by atoms with Crippen LogP contribution >= 0.6 is 27.5 Å². The van der Waals surface area contributed by atoms with Crippen LogP contribution in [0.4, 0.5) is 0 Å². The second-order valence-corrected chi connectivity index (χ2v) is 5.40. The highest BCUT2D eigenvalue weighted by Gasteiger charge is 2.08. The molecule has 0 aliphatic rings. The van der Waals surface area contributed by atoms with Crippen LogP contribution in [0.1, 0.15) is 11.1 Å². The van der Waals surface area contributed by atoms with Crippen molar-refractivity contribution in [3.8, 4) is 5.75 Å². The van der Waals surface area contributed by atoms with Crippen molar-refractivity contribution >= 4 is 27.5 Å². The summed E-state index contributed by atoms with van der Waals surface area (Å²) >= 11 is 9.68. The molecule has 2 nitrogen and oxygen atoms in total. The highest BCUT2D eigenvalue weighted by Crippen LogP contribution is 2.28. The summed E-state index contributed by atoms with van der Waals surface area (Å²) in [5.41, 5.74) is 7.68. The van der Waals surface area contributed by atoms with Gasteiger partial charge in [-0.25, -0.2) is 0 Å². The highest BCUT2D eigenvalue weighted by molar-refractivity contribution is 9.10. The van der Waals surface area contributed by atoms with Crippen LogP contribution in [0.25, 0.3) is 0 Å². The van der Waals surface area contributed by atoms with Gasteiger partial charge in [-0.1, -0.05) is 51.8 Å². The van der Waals surface area contributed by atoms with Crippen LogP contribution in [-0.4, -0.2) is 6.54 Å². The van der Waals surface area contributed by atoms with E-state index in [4.69, 9.17) is 22.1 Å². The molecule has 0 unspecified atom stereocenters. The minimum Gasteiger partial charge on any atom is -0.489 e. The number of rotatable bonds is 5. The molecule has 2 rings (SSSR count).